The number of aryl methyl sites for hydroxylation is 2. The average molecular weight is 447 g/mol. The minimum Gasteiger partial charge on any atom is -0.456 e. The van der Waals surface area contributed by atoms with E-state index in [9.17, 15) is 14.4 Å². The maximum atomic E-state index is 12.0. The van der Waals surface area contributed by atoms with E-state index in [2.05, 4.69) is 26.6 Å². The fourth-order valence-corrected chi connectivity index (χ4v) is 2.96. The molecule has 7 heteroatoms. The third-order valence-electron chi connectivity index (χ3n) is 4.26. The van der Waals surface area contributed by atoms with Gasteiger partial charge in [0.2, 0.25) is 5.91 Å². The first kappa shape index (κ1) is 21.6. The van der Waals surface area contributed by atoms with Gasteiger partial charge in [-0.3, -0.25) is 14.4 Å². The molecule has 0 fully saturated rings. The Morgan fingerprint density at radius 3 is 2.32 bits per heavy atom. The summed E-state index contributed by atoms with van der Waals surface area (Å²) in [5.41, 5.74) is 4.30. The van der Waals surface area contributed by atoms with Gasteiger partial charge in [-0.25, -0.2) is 0 Å². The Hall–Kier alpha value is -2.67. The highest BCUT2D eigenvalue weighted by Gasteiger charge is 2.12. The van der Waals surface area contributed by atoms with Crippen LogP contribution in [0.4, 0.5) is 11.4 Å². The van der Waals surface area contributed by atoms with E-state index >= 15 is 0 Å². The molecule has 0 aliphatic carbocycles. The molecule has 0 unspecified atom stereocenters. The van der Waals surface area contributed by atoms with Gasteiger partial charge in [-0.2, -0.15) is 0 Å². The number of anilines is 2. The lowest BCUT2D eigenvalue weighted by Gasteiger charge is -2.11. The van der Waals surface area contributed by atoms with E-state index in [4.69, 9.17) is 4.74 Å². The van der Waals surface area contributed by atoms with E-state index < -0.39 is 11.9 Å². The number of hydrogen-bond acceptors (Lipinski definition) is 4. The van der Waals surface area contributed by atoms with Crippen molar-refractivity contribution in [3.63, 3.8) is 0 Å². The average Bonchev–Trinajstić information content (AvgIpc) is 2.64. The number of hydrogen-bond donors (Lipinski definition) is 2. The van der Waals surface area contributed by atoms with Crippen molar-refractivity contribution >= 4 is 45.1 Å². The standard InChI is InChI=1S/C21H23BrN2O4/c1-13-5-4-6-18(15(13)3)24-20(26)12-28-21(27)10-9-19(25)23-17-8-7-16(22)11-14(17)2/h4-8,11H,9-10,12H2,1-3H3,(H,23,25)(H,24,26). The summed E-state index contributed by atoms with van der Waals surface area (Å²) in [6.45, 7) is 5.34. The molecule has 2 rings (SSSR count). The molecule has 0 aliphatic heterocycles. The van der Waals surface area contributed by atoms with Gasteiger partial charge in [0, 0.05) is 22.3 Å². The zero-order valence-electron chi connectivity index (χ0n) is 16.1. The first-order valence-corrected chi connectivity index (χ1v) is 9.63. The summed E-state index contributed by atoms with van der Waals surface area (Å²) in [7, 11) is 0. The highest BCUT2D eigenvalue weighted by molar-refractivity contribution is 9.10. The second-order valence-electron chi connectivity index (χ2n) is 6.46. The number of carbonyl (C=O) groups excluding carboxylic acids is 3. The van der Waals surface area contributed by atoms with Gasteiger partial charge in [-0.1, -0.05) is 28.1 Å². The van der Waals surface area contributed by atoms with Crippen molar-refractivity contribution in [2.75, 3.05) is 17.2 Å². The van der Waals surface area contributed by atoms with Gasteiger partial charge in [-0.15, -0.1) is 0 Å². The number of esters is 1. The third kappa shape index (κ3) is 6.49. The lowest BCUT2D eigenvalue weighted by molar-refractivity contribution is -0.147. The minimum atomic E-state index is -0.598. The fourth-order valence-electron chi connectivity index (χ4n) is 2.49. The molecular weight excluding hydrogens is 424 g/mol. The molecule has 6 nitrogen and oxygen atoms in total. The van der Waals surface area contributed by atoms with E-state index in [1.807, 2.05) is 45.0 Å². The summed E-state index contributed by atoms with van der Waals surface area (Å²) in [6.07, 6.45) is -0.120. The molecule has 0 radical (unpaired) electrons. The highest BCUT2D eigenvalue weighted by atomic mass is 79.9. The fraction of sp³-hybridized carbons (Fsp3) is 0.286. The van der Waals surface area contributed by atoms with Crippen molar-refractivity contribution in [1.82, 2.24) is 0 Å². The zero-order valence-corrected chi connectivity index (χ0v) is 17.7. The first-order chi connectivity index (χ1) is 13.3. The van der Waals surface area contributed by atoms with Gasteiger partial charge >= 0.3 is 5.97 Å². The Balaban J connectivity index is 1.74. The van der Waals surface area contributed by atoms with Gasteiger partial charge in [0.1, 0.15) is 0 Å². The quantitative estimate of drug-likeness (QED) is 0.621. The van der Waals surface area contributed by atoms with E-state index in [0.29, 0.717) is 11.4 Å². The van der Waals surface area contributed by atoms with Crippen LogP contribution in [0.2, 0.25) is 0 Å². The molecule has 148 valence electrons. The Kier molecular flexibility index (Phi) is 7.75. The minimum absolute atomic E-state index is 0.0209. The van der Waals surface area contributed by atoms with Gasteiger partial charge < -0.3 is 15.4 Å². The van der Waals surface area contributed by atoms with Crippen LogP contribution in [0.3, 0.4) is 0 Å². The molecular formula is C21H23BrN2O4. The van der Waals surface area contributed by atoms with Crippen molar-refractivity contribution < 1.29 is 19.1 Å². The molecule has 0 aliphatic rings. The molecule has 0 atom stereocenters. The van der Waals surface area contributed by atoms with Crippen LogP contribution in [-0.4, -0.2) is 24.4 Å². The van der Waals surface area contributed by atoms with Crippen LogP contribution < -0.4 is 10.6 Å². The van der Waals surface area contributed by atoms with Crippen molar-refractivity contribution in [2.24, 2.45) is 0 Å². The van der Waals surface area contributed by atoms with Crippen molar-refractivity contribution in [3.8, 4) is 0 Å². The first-order valence-electron chi connectivity index (χ1n) is 8.84. The van der Waals surface area contributed by atoms with E-state index in [1.54, 1.807) is 12.1 Å². The number of carbonyl (C=O) groups is 3. The normalized spacial score (nSPS) is 10.3. The second-order valence-corrected chi connectivity index (χ2v) is 7.38. The van der Waals surface area contributed by atoms with Crippen LogP contribution in [0.15, 0.2) is 40.9 Å². The Morgan fingerprint density at radius 2 is 1.61 bits per heavy atom. The zero-order chi connectivity index (χ0) is 20.7. The van der Waals surface area contributed by atoms with Crippen molar-refractivity contribution in [1.29, 1.82) is 0 Å². The molecule has 2 aromatic carbocycles. The lowest BCUT2D eigenvalue weighted by atomic mass is 10.1. The van der Waals surface area contributed by atoms with Gasteiger partial charge in [0.15, 0.2) is 6.61 Å². The van der Waals surface area contributed by atoms with Gasteiger partial charge in [0.25, 0.3) is 5.91 Å². The molecule has 0 heterocycles. The molecule has 2 N–H and O–H groups in total. The van der Waals surface area contributed by atoms with Gasteiger partial charge in [-0.05, 0) is 61.7 Å². The third-order valence-corrected chi connectivity index (χ3v) is 4.75. The van der Waals surface area contributed by atoms with E-state index in [0.717, 1.165) is 21.2 Å². The van der Waals surface area contributed by atoms with Crippen LogP contribution in [0.25, 0.3) is 0 Å². The summed E-state index contributed by atoms with van der Waals surface area (Å²) >= 11 is 3.36. The molecule has 0 saturated carbocycles. The number of benzene rings is 2. The number of ether oxygens (including phenoxy) is 1. The molecule has 28 heavy (non-hydrogen) atoms. The SMILES string of the molecule is Cc1cc(Br)ccc1NC(=O)CCC(=O)OCC(=O)Nc1cccc(C)c1C. The molecule has 0 bridgehead atoms. The lowest BCUT2D eigenvalue weighted by Crippen LogP contribution is -2.22. The van der Waals surface area contributed by atoms with Crippen molar-refractivity contribution in [2.45, 2.75) is 33.6 Å². The maximum Gasteiger partial charge on any atom is 0.306 e. The molecule has 0 aromatic heterocycles. The largest absolute Gasteiger partial charge is 0.456 e. The summed E-state index contributed by atoms with van der Waals surface area (Å²) in [5, 5.41) is 5.47. The summed E-state index contributed by atoms with van der Waals surface area (Å²) in [6, 6.07) is 11.1. The smallest absolute Gasteiger partial charge is 0.306 e. The maximum absolute atomic E-state index is 12.0. The van der Waals surface area contributed by atoms with Crippen LogP contribution in [-0.2, 0) is 19.1 Å². The number of rotatable bonds is 7. The molecule has 0 spiro atoms. The molecule has 2 aromatic rings. The number of halogens is 1. The topological polar surface area (TPSA) is 84.5 Å². The highest BCUT2D eigenvalue weighted by Crippen LogP contribution is 2.20. The number of nitrogens with one attached hydrogen (secondary N) is 2. The van der Waals surface area contributed by atoms with Crippen LogP contribution in [0, 0.1) is 20.8 Å². The Labute approximate surface area is 172 Å². The van der Waals surface area contributed by atoms with Crippen molar-refractivity contribution in [3.05, 3.63) is 57.6 Å². The predicted molar refractivity (Wildman–Crippen MR) is 112 cm³/mol. The summed E-state index contributed by atoms with van der Waals surface area (Å²) in [4.78, 5) is 35.7. The molecule has 2 amide bonds. The Morgan fingerprint density at radius 1 is 0.893 bits per heavy atom. The van der Waals surface area contributed by atoms with Gasteiger partial charge in [0.05, 0.1) is 6.42 Å². The Bertz CT molecular complexity index is 896. The van der Waals surface area contributed by atoms with E-state index in [-0.39, 0.29) is 25.4 Å². The predicted octanol–water partition coefficient (Wildman–Crippen LogP) is 4.27. The van der Waals surface area contributed by atoms with Crippen LogP contribution in [0.5, 0.6) is 0 Å². The second kappa shape index (κ2) is 10.0. The molecule has 0 saturated heterocycles. The number of amides is 2. The van der Waals surface area contributed by atoms with Crippen LogP contribution in [0.1, 0.15) is 29.5 Å². The van der Waals surface area contributed by atoms with E-state index in [1.165, 1.54) is 0 Å². The summed E-state index contributed by atoms with van der Waals surface area (Å²) in [5.74, 6) is -1.31. The monoisotopic (exact) mass is 446 g/mol. The van der Waals surface area contributed by atoms with Crippen LogP contribution >= 0.6 is 15.9 Å². The summed E-state index contributed by atoms with van der Waals surface area (Å²) < 4.78 is 5.87.